The molecule has 0 radical (unpaired) electrons. The van der Waals surface area contributed by atoms with E-state index in [0.717, 1.165) is 32.0 Å². The summed E-state index contributed by atoms with van der Waals surface area (Å²) in [7, 11) is 1.33. The number of anilines is 1. The standard InChI is InChI=1S/C12H16FN3O3/c1-19-12-6-10(9(13)5-11(12)16(17)18)15-8-3-2-4-14-7-8/h5-6,8,14-15H,2-4,7H2,1H3. The topological polar surface area (TPSA) is 76.4 Å². The Morgan fingerprint density at radius 2 is 2.37 bits per heavy atom. The van der Waals surface area contributed by atoms with Gasteiger partial charge in [0.05, 0.1) is 23.8 Å². The third-order valence-corrected chi connectivity index (χ3v) is 3.12. The molecule has 1 aliphatic rings. The smallest absolute Gasteiger partial charge is 0.313 e. The third kappa shape index (κ3) is 3.11. The normalized spacial score (nSPS) is 18.9. The minimum absolute atomic E-state index is 0.0534. The minimum Gasteiger partial charge on any atom is -0.490 e. The lowest BCUT2D eigenvalue weighted by Crippen LogP contribution is -2.38. The zero-order chi connectivity index (χ0) is 13.8. The van der Waals surface area contributed by atoms with E-state index in [1.165, 1.54) is 13.2 Å². The summed E-state index contributed by atoms with van der Waals surface area (Å²) in [5, 5.41) is 17.0. The van der Waals surface area contributed by atoms with Crippen LogP contribution in [0.25, 0.3) is 0 Å². The molecule has 1 heterocycles. The van der Waals surface area contributed by atoms with Crippen molar-refractivity contribution in [1.82, 2.24) is 5.32 Å². The maximum atomic E-state index is 13.8. The number of methoxy groups -OCH3 is 1. The summed E-state index contributed by atoms with van der Waals surface area (Å²) in [6, 6.07) is 2.34. The molecule has 104 valence electrons. The van der Waals surface area contributed by atoms with Gasteiger partial charge in [-0.15, -0.1) is 0 Å². The fourth-order valence-corrected chi connectivity index (χ4v) is 2.15. The second-order valence-corrected chi connectivity index (χ2v) is 4.45. The zero-order valence-electron chi connectivity index (χ0n) is 10.6. The molecule has 0 amide bonds. The van der Waals surface area contributed by atoms with Crippen LogP contribution in [0.3, 0.4) is 0 Å². The highest BCUT2D eigenvalue weighted by Gasteiger charge is 2.21. The van der Waals surface area contributed by atoms with E-state index < -0.39 is 10.7 Å². The van der Waals surface area contributed by atoms with Gasteiger partial charge in [0.15, 0.2) is 11.6 Å². The molecule has 0 bridgehead atoms. The highest BCUT2D eigenvalue weighted by Crippen LogP contribution is 2.32. The van der Waals surface area contributed by atoms with Crippen LogP contribution in [0.2, 0.25) is 0 Å². The van der Waals surface area contributed by atoms with Crippen molar-refractivity contribution in [2.24, 2.45) is 0 Å². The van der Waals surface area contributed by atoms with E-state index in [0.29, 0.717) is 0 Å². The molecule has 19 heavy (non-hydrogen) atoms. The van der Waals surface area contributed by atoms with Gasteiger partial charge in [0.1, 0.15) is 0 Å². The Hall–Kier alpha value is -1.89. The first-order chi connectivity index (χ1) is 9.11. The van der Waals surface area contributed by atoms with Gasteiger partial charge in [-0.05, 0) is 19.4 Å². The zero-order valence-corrected chi connectivity index (χ0v) is 10.6. The summed E-state index contributed by atoms with van der Waals surface area (Å²) in [5.41, 5.74) is -0.136. The Bertz CT molecular complexity index is 476. The number of benzene rings is 1. The Balaban J connectivity index is 2.22. The maximum absolute atomic E-state index is 13.8. The van der Waals surface area contributed by atoms with Crippen molar-refractivity contribution in [3.05, 3.63) is 28.1 Å². The van der Waals surface area contributed by atoms with Crippen LogP contribution in [0.5, 0.6) is 5.75 Å². The van der Waals surface area contributed by atoms with Gasteiger partial charge in [-0.2, -0.15) is 0 Å². The molecular formula is C12H16FN3O3. The summed E-state index contributed by atoms with van der Waals surface area (Å²) < 4.78 is 18.8. The Morgan fingerprint density at radius 3 is 2.95 bits per heavy atom. The van der Waals surface area contributed by atoms with Crippen molar-refractivity contribution in [2.75, 3.05) is 25.5 Å². The van der Waals surface area contributed by atoms with Gasteiger partial charge in [-0.25, -0.2) is 4.39 Å². The summed E-state index contributed by atoms with van der Waals surface area (Å²) in [5.74, 6) is -0.587. The maximum Gasteiger partial charge on any atom is 0.313 e. The molecule has 0 aliphatic carbocycles. The number of nitro groups is 1. The number of nitrogens with one attached hydrogen (secondary N) is 2. The van der Waals surface area contributed by atoms with Crippen LogP contribution in [0.15, 0.2) is 12.1 Å². The number of hydrogen-bond donors (Lipinski definition) is 2. The highest BCUT2D eigenvalue weighted by atomic mass is 19.1. The second kappa shape index (κ2) is 5.83. The number of hydrogen-bond acceptors (Lipinski definition) is 5. The highest BCUT2D eigenvalue weighted by molar-refractivity contribution is 5.59. The van der Waals surface area contributed by atoms with Crippen molar-refractivity contribution < 1.29 is 14.1 Å². The van der Waals surface area contributed by atoms with Gasteiger partial charge in [-0.3, -0.25) is 10.1 Å². The molecular weight excluding hydrogens is 253 g/mol. The quantitative estimate of drug-likeness (QED) is 0.645. The predicted octanol–water partition coefficient (Wildman–Crippen LogP) is 1.91. The van der Waals surface area contributed by atoms with Crippen molar-refractivity contribution in [3.8, 4) is 5.75 Å². The van der Waals surface area contributed by atoms with Crippen molar-refractivity contribution in [2.45, 2.75) is 18.9 Å². The van der Waals surface area contributed by atoms with Gasteiger partial charge in [-0.1, -0.05) is 0 Å². The average Bonchev–Trinajstić information content (AvgIpc) is 2.41. The lowest BCUT2D eigenvalue weighted by atomic mass is 10.1. The predicted molar refractivity (Wildman–Crippen MR) is 69.1 cm³/mol. The molecule has 1 aromatic rings. The van der Waals surface area contributed by atoms with Crippen LogP contribution in [0, 0.1) is 15.9 Å². The minimum atomic E-state index is -0.659. The lowest BCUT2D eigenvalue weighted by Gasteiger charge is -2.25. The Morgan fingerprint density at radius 1 is 1.58 bits per heavy atom. The first-order valence-corrected chi connectivity index (χ1v) is 6.11. The molecule has 1 aromatic carbocycles. The van der Waals surface area contributed by atoms with Crippen molar-refractivity contribution >= 4 is 11.4 Å². The van der Waals surface area contributed by atoms with E-state index in [1.807, 2.05) is 0 Å². The van der Waals surface area contributed by atoms with Crippen LogP contribution in [0.4, 0.5) is 15.8 Å². The molecule has 1 unspecified atom stereocenters. The molecule has 0 saturated carbocycles. The van der Waals surface area contributed by atoms with Crippen molar-refractivity contribution in [3.63, 3.8) is 0 Å². The lowest BCUT2D eigenvalue weighted by molar-refractivity contribution is -0.385. The fraction of sp³-hybridized carbons (Fsp3) is 0.500. The second-order valence-electron chi connectivity index (χ2n) is 4.45. The van der Waals surface area contributed by atoms with Crippen LogP contribution < -0.4 is 15.4 Å². The van der Waals surface area contributed by atoms with E-state index in [4.69, 9.17) is 4.74 Å². The van der Waals surface area contributed by atoms with E-state index in [-0.39, 0.29) is 23.2 Å². The third-order valence-electron chi connectivity index (χ3n) is 3.12. The number of rotatable bonds is 4. The number of halogens is 1. The van der Waals surface area contributed by atoms with Crippen LogP contribution in [-0.2, 0) is 0 Å². The van der Waals surface area contributed by atoms with E-state index in [2.05, 4.69) is 10.6 Å². The van der Waals surface area contributed by atoms with Gasteiger partial charge in [0.2, 0.25) is 0 Å². The number of nitro benzene ring substituents is 1. The van der Waals surface area contributed by atoms with Crippen LogP contribution in [0.1, 0.15) is 12.8 Å². The van der Waals surface area contributed by atoms with Crippen LogP contribution >= 0.6 is 0 Å². The molecule has 6 nitrogen and oxygen atoms in total. The molecule has 1 atom stereocenters. The van der Waals surface area contributed by atoms with E-state index in [9.17, 15) is 14.5 Å². The number of piperidine rings is 1. The largest absolute Gasteiger partial charge is 0.490 e. The molecule has 1 fully saturated rings. The molecule has 0 spiro atoms. The van der Waals surface area contributed by atoms with Gasteiger partial charge in [0.25, 0.3) is 0 Å². The molecule has 7 heteroatoms. The number of ether oxygens (including phenoxy) is 1. The summed E-state index contributed by atoms with van der Waals surface area (Å²) in [6.45, 7) is 1.71. The van der Waals surface area contributed by atoms with Crippen LogP contribution in [-0.4, -0.2) is 31.2 Å². The molecule has 2 N–H and O–H groups in total. The van der Waals surface area contributed by atoms with Gasteiger partial charge >= 0.3 is 5.69 Å². The average molecular weight is 269 g/mol. The van der Waals surface area contributed by atoms with E-state index in [1.54, 1.807) is 0 Å². The molecule has 1 aliphatic heterocycles. The van der Waals surface area contributed by atoms with Gasteiger partial charge < -0.3 is 15.4 Å². The SMILES string of the molecule is COc1cc(NC2CCCNC2)c(F)cc1[N+](=O)[O-]. The van der Waals surface area contributed by atoms with E-state index >= 15 is 0 Å². The Labute approximate surface area is 110 Å². The summed E-state index contributed by atoms with van der Waals surface area (Å²) in [4.78, 5) is 10.1. The fourth-order valence-electron chi connectivity index (χ4n) is 2.15. The van der Waals surface area contributed by atoms with Gasteiger partial charge in [0, 0.05) is 18.7 Å². The first kappa shape index (κ1) is 13.5. The summed E-state index contributed by atoms with van der Waals surface area (Å²) >= 11 is 0. The Kier molecular flexibility index (Phi) is 4.16. The first-order valence-electron chi connectivity index (χ1n) is 6.11. The molecule has 0 aromatic heterocycles. The van der Waals surface area contributed by atoms with Crippen molar-refractivity contribution in [1.29, 1.82) is 0 Å². The summed E-state index contributed by atoms with van der Waals surface area (Å²) in [6.07, 6.45) is 1.95. The molecule has 2 rings (SSSR count). The number of nitrogens with zero attached hydrogens (tertiary/aromatic N) is 1. The molecule has 1 saturated heterocycles. The monoisotopic (exact) mass is 269 g/mol.